The lowest BCUT2D eigenvalue weighted by Crippen LogP contribution is -2.51. The van der Waals surface area contributed by atoms with Gasteiger partial charge in [0, 0.05) is 19.2 Å². The van der Waals surface area contributed by atoms with Gasteiger partial charge in [-0.25, -0.2) is 4.79 Å². The lowest BCUT2D eigenvalue weighted by atomic mass is 9.85. The fraction of sp³-hybridized carbons (Fsp3) is 0.857. The zero-order valence-corrected chi connectivity index (χ0v) is 13.4. The lowest BCUT2D eigenvalue weighted by molar-refractivity contribution is -0.138. The second kappa shape index (κ2) is 7.47. The van der Waals surface area contributed by atoms with E-state index in [0.717, 1.165) is 0 Å². The van der Waals surface area contributed by atoms with Gasteiger partial charge in [-0.15, -0.1) is 0 Å². The molecule has 118 valence electrons. The number of nitrogens with one attached hydrogen (secondary N) is 2. The molecule has 0 aliphatic heterocycles. The third-order valence-electron chi connectivity index (χ3n) is 2.94. The third-order valence-corrected chi connectivity index (χ3v) is 2.94. The fourth-order valence-corrected chi connectivity index (χ4v) is 1.69. The van der Waals surface area contributed by atoms with Crippen LogP contribution in [0.15, 0.2) is 0 Å². The standard InChI is InChI=1S/C14H28N2O4/c1-7-20-14(5,6)9-15-12(19)16-10(8-11(17)18)13(2,3)4/h10H,7-9H2,1-6H3,(H,17,18)(H2,15,16,19). The van der Waals surface area contributed by atoms with Crippen molar-refractivity contribution >= 4 is 12.0 Å². The molecule has 6 nitrogen and oxygen atoms in total. The number of carboxylic acids is 1. The van der Waals surface area contributed by atoms with Crippen LogP contribution in [0.5, 0.6) is 0 Å². The average Bonchev–Trinajstić information content (AvgIpc) is 2.24. The van der Waals surface area contributed by atoms with Crippen molar-refractivity contribution in [3.63, 3.8) is 0 Å². The first kappa shape index (κ1) is 18.7. The molecule has 20 heavy (non-hydrogen) atoms. The van der Waals surface area contributed by atoms with Crippen molar-refractivity contribution in [1.29, 1.82) is 0 Å². The fourth-order valence-electron chi connectivity index (χ4n) is 1.69. The van der Waals surface area contributed by atoms with E-state index in [-0.39, 0.29) is 17.9 Å². The summed E-state index contributed by atoms with van der Waals surface area (Å²) < 4.78 is 5.48. The molecule has 0 aliphatic rings. The molecule has 1 unspecified atom stereocenters. The van der Waals surface area contributed by atoms with Crippen LogP contribution in [-0.4, -0.2) is 41.9 Å². The lowest BCUT2D eigenvalue weighted by Gasteiger charge is -2.31. The molecule has 0 saturated heterocycles. The van der Waals surface area contributed by atoms with Gasteiger partial charge in [-0.05, 0) is 26.2 Å². The Bertz CT molecular complexity index is 335. The van der Waals surface area contributed by atoms with E-state index in [9.17, 15) is 9.59 Å². The normalized spacial score (nSPS) is 13.7. The van der Waals surface area contributed by atoms with Crippen molar-refractivity contribution in [1.82, 2.24) is 10.6 Å². The zero-order chi connectivity index (χ0) is 16.0. The topological polar surface area (TPSA) is 87.7 Å². The minimum absolute atomic E-state index is 0.105. The summed E-state index contributed by atoms with van der Waals surface area (Å²) in [5, 5.41) is 14.3. The Morgan fingerprint density at radius 3 is 2.15 bits per heavy atom. The molecule has 2 amide bonds. The van der Waals surface area contributed by atoms with Crippen LogP contribution in [0.4, 0.5) is 4.79 Å². The second-order valence-electron chi connectivity index (χ2n) is 6.54. The number of rotatable bonds is 7. The van der Waals surface area contributed by atoms with Crippen molar-refractivity contribution in [2.45, 2.75) is 59.6 Å². The molecule has 0 heterocycles. The summed E-state index contributed by atoms with van der Waals surface area (Å²) in [7, 11) is 0. The van der Waals surface area contributed by atoms with Crippen LogP contribution < -0.4 is 10.6 Å². The number of aliphatic carboxylic acids is 1. The summed E-state index contributed by atoms with van der Waals surface area (Å²) in [5.41, 5.74) is -0.777. The van der Waals surface area contributed by atoms with Crippen LogP contribution in [0.1, 0.15) is 48.0 Å². The van der Waals surface area contributed by atoms with Gasteiger partial charge in [0.25, 0.3) is 0 Å². The van der Waals surface area contributed by atoms with Crippen LogP contribution in [0.3, 0.4) is 0 Å². The monoisotopic (exact) mass is 288 g/mol. The molecule has 0 saturated carbocycles. The summed E-state index contributed by atoms with van der Waals surface area (Å²) in [5.74, 6) is -0.931. The van der Waals surface area contributed by atoms with Gasteiger partial charge < -0.3 is 20.5 Å². The highest BCUT2D eigenvalue weighted by Crippen LogP contribution is 2.21. The van der Waals surface area contributed by atoms with Gasteiger partial charge >= 0.3 is 12.0 Å². The number of carboxylic acid groups (broad SMARTS) is 1. The van der Waals surface area contributed by atoms with Crippen molar-refractivity contribution in [2.24, 2.45) is 5.41 Å². The van der Waals surface area contributed by atoms with Gasteiger partial charge in [0.2, 0.25) is 0 Å². The van der Waals surface area contributed by atoms with Crippen molar-refractivity contribution < 1.29 is 19.4 Å². The molecule has 0 rings (SSSR count). The number of hydrogen-bond donors (Lipinski definition) is 3. The molecule has 0 aliphatic carbocycles. The molecule has 3 N–H and O–H groups in total. The second-order valence-corrected chi connectivity index (χ2v) is 6.54. The van der Waals surface area contributed by atoms with Crippen LogP contribution in [0.25, 0.3) is 0 Å². The Hall–Kier alpha value is -1.30. The maximum absolute atomic E-state index is 11.9. The van der Waals surface area contributed by atoms with Gasteiger partial charge in [-0.3, -0.25) is 4.79 Å². The molecule has 0 fully saturated rings. The first-order valence-corrected chi connectivity index (χ1v) is 6.88. The summed E-state index contributed by atoms with van der Waals surface area (Å²) in [6, 6.07) is -0.811. The van der Waals surface area contributed by atoms with Gasteiger partial charge in [0.05, 0.1) is 12.0 Å². The van der Waals surface area contributed by atoms with Crippen LogP contribution >= 0.6 is 0 Å². The minimum atomic E-state index is -0.931. The van der Waals surface area contributed by atoms with E-state index >= 15 is 0 Å². The van der Waals surface area contributed by atoms with Crippen LogP contribution in [0, 0.1) is 5.41 Å². The van der Waals surface area contributed by atoms with Gasteiger partial charge in [-0.2, -0.15) is 0 Å². The smallest absolute Gasteiger partial charge is 0.315 e. The number of hydrogen-bond acceptors (Lipinski definition) is 3. The predicted octanol–water partition coefficient (Wildman–Crippen LogP) is 1.99. The number of carbonyl (C=O) groups excluding carboxylic acids is 1. The molecule has 0 aromatic carbocycles. The molecule has 0 bridgehead atoms. The highest BCUT2D eigenvalue weighted by atomic mass is 16.5. The number of ether oxygens (including phenoxy) is 1. The van der Waals surface area contributed by atoms with E-state index < -0.39 is 17.6 Å². The van der Waals surface area contributed by atoms with E-state index in [1.54, 1.807) is 0 Å². The summed E-state index contributed by atoms with van der Waals surface area (Å²) >= 11 is 0. The maximum atomic E-state index is 11.9. The van der Waals surface area contributed by atoms with Crippen LogP contribution in [-0.2, 0) is 9.53 Å². The molecule has 0 radical (unpaired) electrons. The van der Waals surface area contributed by atoms with Crippen molar-refractivity contribution in [3.8, 4) is 0 Å². The summed E-state index contributed by atoms with van der Waals surface area (Å²) in [6.07, 6.45) is -0.105. The molecular weight excluding hydrogens is 260 g/mol. The minimum Gasteiger partial charge on any atom is -0.481 e. The van der Waals surface area contributed by atoms with Gasteiger partial charge in [-0.1, -0.05) is 20.8 Å². The number of carbonyl (C=O) groups is 2. The molecular formula is C14H28N2O4. The maximum Gasteiger partial charge on any atom is 0.315 e. The van der Waals surface area contributed by atoms with E-state index in [1.807, 2.05) is 41.5 Å². The van der Waals surface area contributed by atoms with Gasteiger partial charge in [0.1, 0.15) is 0 Å². The summed E-state index contributed by atoms with van der Waals surface area (Å²) in [6.45, 7) is 12.3. The Morgan fingerprint density at radius 1 is 1.20 bits per heavy atom. The number of amides is 2. The number of urea groups is 1. The third kappa shape index (κ3) is 7.99. The largest absolute Gasteiger partial charge is 0.481 e. The molecule has 1 atom stereocenters. The van der Waals surface area contributed by atoms with E-state index in [0.29, 0.717) is 13.2 Å². The summed E-state index contributed by atoms with van der Waals surface area (Å²) in [4.78, 5) is 22.7. The SMILES string of the molecule is CCOC(C)(C)CNC(=O)NC(CC(=O)O)C(C)(C)C. The van der Waals surface area contributed by atoms with E-state index in [2.05, 4.69) is 10.6 Å². The first-order valence-electron chi connectivity index (χ1n) is 6.88. The Kier molecular flexibility index (Phi) is 6.99. The van der Waals surface area contributed by atoms with Crippen LogP contribution in [0.2, 0.25) is 0 Å². The van der Waals surface area contributed by atoms with Gasteiger partial charge in [0.15, 0.2) is 0 Å². The molecule has 0 spiro atoms. The Balaban J connectivity index is 4.44. The molecule has 0 aromatic heterocycles. The molecule has 0 aromatic rings. The van der Waals surface area contributed by atoms with E-state index in [1.165, 1.54) is 0 Å². The Morgan fingerprint density at radius 2 is 1.75 bits per heavy atom. The highest BCUT2D eigenvalue weighted by molar-refractivity contribution is 5.76. The van der Waals surface area contributed by atoms with E-state index in [4.69, 9.17) is 9.84 Å². The molecule has 6 heteroatoms. The highest BCUT2D eigenvalue weighted by Gasteiger charge is 2.29. The quantitative estimate of drug-likeness (QED) is 0.668. The zero-order valence-electron chi connectivity index (χ0n) is 13.4. The average molecular weight is 288 g/mol. The Labute approximate surface area is 121 Å². The first-order chi connectivity index (χ1) is 8.98. The van der Waals surface area contributed by atoms with Crippen molar-refractivity contribution in [3.05, 3.63) is 0 Å². The van der Waals surface area contributed by atoms with Crippen molar-refractivity contribution in [2.75, 3.05) is 13.2 Å². The predicted molar refractivity (Wildman–Crippen MR) is 77.7 cm³/mol.